The maximum Gasteiger partial charge on any atom is 0.308 e. The lowest BCUT2D eigenvalue weighted by Crippen LogP contribution is -2.28. The minimum absolute atomic E-state index is 0.0219. The van der Waals surface area contributed by atoms with E-state index in [1.807, 2.05) is 6.07 Å². The molecule has 2 aromatic carbocycles. The monoisotopic (exact) mass is 418 g/mol. The number of para-hydroxylation sites is 1. The maximum absolute atomic E-state index is 13.1. The molecule has 0 spiro atoms. The van der Waals surface area contributed by atoms with E-state index in [4.69, 9.17) is 16.3 Å². The fourth-order valence-corrected chi connectivity index (χ4v) is 2.67. The normalized spacial score (nSPS) is 10.6. The van der Waals surface area contributed by atoms with Crippen molar-refractivity contribution in [2.45, 2.75) is 6.42 Å². The molecule has 1 heterocycles. The van der Waals surface area contributed by atoms with Crippen molar-refractivity contribution in [1.82, 2.24) is 15.5 Å². The average molecular weight is 419 g/mol. The number of hydrogen-bond donors (Lipinski definition) is 3. The highest BCUT2D eigenvalue weighted by Gasteiger charge is 2.14. The second-order valence-corrected chi connectivity index (χ2v) is 6.37. The number of nitrogens with one attached hydrogen (secondary N) is 3. The van der Waals surface area contributed by atoms with Gasteiger partial charge in [-0.15, -0.1) is 0 Å². The molecular weight excluding hydrogens is 403 g/mol. The summed E-state index contributed by atoms with van der Waals surface area (Å²) in [6.07, 6.45) is -0.121. The van der Waals surface area contributed by atoms with Gasteiger partial charge in [-0.2, -0.15) is 5.10 Å². The van der Waals surface area contributed by atoms with Crippen molar-refractivity contribution in [2.24, 2.45) is 0 Å². The van der Waals surface area contributed by atoms with Crippen LogP contribution < -0.4 is 10.6 Å². The van der Waals surface area contributed by atoms with E-state index in [1.165, 1.54) is 12.1 Å². The van der Waals surface area contributed by atoms with E-state index in [9.17, 15) is 18.8 Å². The predicted octanol–water partition coefficient (Wildman–Crippen LogP) is 2.66. The number of fused-ring (bicyclic) bond motifs is 1. The Bertz CT molecular complexity index is 1070. The first-order valence-electron chi connectivity index (χ1n) is 8.56. The van der Waals surface area contributed by atoms with Crippen molar-refractivity contribution < 1.29 is 23.5 Å². The summed E-state index contributed by atoms with van der Waals surface area (Å²) in [7, 11) is 0. The standard InChI is InChI=1S/C19H16ClFN4O4/c20-13-9-11(5-6-14(13)21)23-16(26)10-29-17(27)7-8-22-19(28)18-12-3-1-2-4-15(12)24-25-18/h1-6,9H,7-8,10H2,(H,22,28)(H,23,26)(H,24,25). The van der Waals surface area contributed by atoms with Crippen LogP contribution in [0.3, 0.4) is 0 Å². The van der Waals surface area contributed by atoms with Crippen molar-refractivity contribution in [1.29, 1.82) is 0 Å². The Kier molecular flexibility index (Phi) is 6.40. The molecule has 0 saturated heterocycles. The summed E-state index contributed by atoms with van der Waals surface area (Å²) in [5.74, 6) is -2.31. The molecule has 3 rings (SSSR count). The molecule has 0 aliphatic rings. The zero-order valence-corrected chi connectivity index (χ0v) is 15.8. The Morgan fingerprint density at radius 3 is 2.76 bits per heavy atom. The molecule has 1 aromatic heterocycles. The van der Waals surface area contributed by atoms with E-state index in [2.05, 4.69) is 20.8 Å². The van der Waals surface area contributed by atoms with Crippen molar-refractivity contribution >= 4 is 46.0 Å². The van der Waals surface area contributed by atoms with E-state index in [1.54, 1.807) is 18.2 Å². The van der Waals surface area contributed by atoms with E-state index in [0.717, 1.165) is 11.6 Å². The molecular formula is C19H16ClFN4O4. The Labute approximate surface area is 169 Å². The van der Waals surface area contributed by atoms with Gasteiger partial charge in [-0.05, 0) is 24.3 Å². The molecule has 0 aliphatic carbocycles. The molecule has 0 radical (unpaired) electrons. The minimum atomic E-state index is -0.663. The van der Waals surface area contributed by atoms with Gasteiger partial charge in [-0.3, -0.25) is 19.5 Å². The Morgan fingerprint density at radius 1 is 1.17 bits per heavy atom. The third-order valence-corrected chi connectivity index (χ3v) is 4.16. The molecule has 0 saturated carbocycles. The van der Waals surface area contributed by atoms with E-state index < -0.39 is 30.2 Å². The van der Waals surface area contributed by atoms with Crippen molar-refractivity contribution in [3.63, 3.8) is 0 Å². The van der Waals surface area contributed by atoms with Crippen molar-refractivity contribution in [3.05, 3.63) is 59.0 Å². The molecule has 150 valence electrons. The van der Waals surface area contributed by atoms with Gasteiger partial charge < -0.3 is 15.4 Å². The summed E-state index contributed by atoms with van der Waals surface area (Å²) in [5.41, 5.74) is 1.23. The summed E-state index contributed by atoms with van der Waals surface area (Å²) in [6.45, 7) is -0.500. The van der Waals surface area contributed by atoms with Crippen LogP contribution in [0.25, 0.3) is 10.9 Å². The summed E-state index contributed by atoms with van der Waals surface area (Å²) in [6, 6.07) is 10.8. The van der Waals surface area contributed by atoms with E-state index >= 15 is 0 Å². The first kappa shape index (κ1) is 20.3. The Balaban J connectivity index is 1.40. The number of carbonyl (C=O) groups is 3. The largest absolute Gasteiger partial charge is 0.456 e. The van der Waals surface area contributed by atoms with Gasteiger partial charge in [0.2, 0.25) is 0 Å². The van der Waals surface area contributed by atoms with Crippen LogP contribution in [0.4, 0.5) is 10.1 Å². The predicted molar refractivity (Wildman–Crippen MR) is 104 cm³/mol. The molecule has 3 N–H and O–H groups in total. The van der Waals surface area contributed by atoms with Crippen LogP contribution >= 0.6 is 11.6 Å². The number of ether oxygens (including phenoxy) is 1. The quantitative estimate of drug-likeness (QED) is 0.510. The topological polar surface area (TPSA) is 113 Å². The number of hydrogen-bond acceptors (Lipinski definition) is 5. The number of nitrogens with zero attached hydrogens (tertiary/aromatic N) is 1. The van der Waals surface area contributed by atoms with Gasteiger partial charge in [-0.25, -0.2) is 4.39 Å². The first-order chi connectivity index (χ1) is 13.9. The summed E-state index contributed by atoms with van der Waals surface area (Å²) in [4.78, 5) is 35.7. The smallest absolute Gasteiger partial charge is 0.308 e. The lowest BCUT2D eigenvalue weighted by molar-refractivity contribution is -0.147. The second kappa shape index (κ2) is 9.16. The van der Waals surface area contributed by atoms with E-state index in [-0.39, 0.29) is 29.4 Å². The fraction of sp³-hybridized carbons (Fsp3) is 0.158. The molecule has 3 aromatic rings. The van der Waals surface area contributed by atoms with E-state index in [0.29, 0.717) is 5.39 Å². The van der Waals surface area contributed by atoms with Crippen LogP contribution in [-0.4, -0.2) is 41.1 Å². The molecule has 0 bridgehead atoms. The van der Waals surface area contributed by atoms with Crippen LogP contribution in [-0.2, 0) is 14.3 Å². The highest BCUT2D eigenvalue weighted by Crippen LogP contribution is 2.19. The highest BCUT2D eigenvalue weighted by molar-refractivity contribution is 6.31. The van der Waals surface area contributed by atoms with Crippen molar-refractivity contribution in [2.75, 3.05) is 18.5 Å². The third kappa shape index (κ3) is 5.29. The van der Waals surface area contributed by atoms with Gasteiger partial charge in [0.15, 0.2) is 12.3 Å². The zero-order valence-electron chi connectivity index (χ0n) is 15.0. The van der Waals surface area contributed by atoms with Gasteiger partial charge in [0.25, 0.3) is 11.8 Å². The number of esters is 1. The Morgan fingerprint density at radius 2 is 1.97 bits per heavy atom. The second-order valence-electron chi connectivity index (χ2n) is 5.96. The number of rotatable bonds is 7. The number of anilines is 1. The highest BCUT2D eigenvalue weighted by atomic mass is 35.5. The lowest BCUT2D eigenvalue weighted by atomic mass is 10.2. The maximum atomic E-state index is 13.1. The van der Waals surface area contributed by atoms with Gasteiger partial charge in [0, 0.05) is 17.6 Å². The number of carbonyl (C=O) groups excluding carboxylic acids is 3. The number of halogens is 2. The lowest BCUT2D eigenvalue weighted by Gasteiger charge is -2.07. The average Bonchev–Trinajstić information content (AvgIpc) is 3.13. The van der Waals surface area contributed by atoms with Gasteiger partial charge in [-0.1, -0.05) is 29.8 Å². The minimum Gasteiger partial charge on any atom is -0.456 e. The van der Waals surface area contributed by atoms with Gasteiger partial charge in [0.1, 0.15) is 5.82 Å². The van der Waals surface area contributed by atoms with Crippen LogP contribution in [0.1, 0.15) is 16.9 Å². The number of aromatic nitrogens is 2. The summed E-state index contributed by atoms with van der Waals surface area (Å²) >= 11 is 5.62. The van der Waals surface area contributed by atoms with Crippen molar-refractivity contribution in [3.8, 4) is 0 Å². The third-order valence-electron chi connectivity index (χ3n) is 3.87. The van der Waals surface area contributed by atoms with Crippen LogP contribution in [0.5, 0.6) is 0 Å². The Hall–Kier alpha value is -3.46. The number of H-pyrrole nitrogens is 1. The molecule has 0 unspecified atom stereocenters. The molecule has 8 nitrogen and oxygen atoms in total. The van der Waals surface area contributed by atoms with Crippen LogP contribution in [0.15, 0.2) is 42.5 Å². The van der Waals surface area contributed by atoms with Crippen LogP contribution in [0.2, 0.25) is 5.02 Å². The molecule has 2 amide bonds. The summed E-state index contributed by atoms with van der Waals surface area (Å²) < 4.78 is 17.9. The molecule has 10 heteroatoms. The van der Waals surface area contributed by atoms with Gasteiger partial charge >= 0.3 is 5.97 Å². The van der Waals surface area contributed by atoms with Gasteiger partial charge in [0.05, 0.1) is 17.0 Å². The van der Waals surface area contributed by atoms with Crippen LogP contribution in [0, 0.1) is 5.82 Å². The molecule has 0 atom stereocenters. The molecule has 29 heavy (non-hydrogen) atoms. The zero-order chi connectivity index (χ0) is 20.8. The SMILES string of the molecule is O=C(COC(=O)CCNC(=O)c1n[nH]c2ccccc12)Nc1ccc(F)c(Cl)c1. The first-order valence-corrected chi connectivity index (χ1v) is 8.93. The molecule has 0 aliphatic heterocycles. The number of amides is 2. The summed E-state index contributed by atoms with van der Waals surface area (Å²) in [5, 5.41) is 12.2. The molecule has 0 fully saturated rings. The number of benzene rings is 2. The number of aromatic amines is 1. The fourth-order valence-electron chi connectivity index (χ4n) is 2.49.